The molecule has 0 amide bonds. The smallest absolute Gasteiger partial charge is 0.180 e. The average molecular weight is 243 g/mol. The van der Waals surface area contributed by atoms with Crippen molar-refractivity contribution in [2.45, 2.75) is 19.8 Å². The van der Waals surface area contributed by atoms with Gasteiger partial charge in [-0.3, -0.25) is 0 Å². The van der Waals surface area contributed by atoms with E-state index in [0.29, 0.717) is 5.92 Å². The molecule has 18 heavy (non-hydrogen) atoms. The van der Waals surface area contributed by atoms with E-state index in [1.54, 1.807) is 0 Å². The maximum atomic E-state index is 5.47. The third kappa shape index (κ3) is 1.41. The van der Waals surface area contributed by atoms with E-state index < -0.39 is 0 Å². The quantitative estimate of drug-likeness (QED) is 0.749. The van der Waals surface area contributed by atoms with Crippen LogP contribution in [0.25, 0.3) is 21.9 Å². The Morgan fingerprint density at radius 1 is 1.33 bits per heavy atom. The molecule has 0 fully saturated rings. The molecule has 0 saturated heterocycles. The number of fused-ring (bicyclic) bond motifs is 3. The number of hydrogen-bond donors (Lipinski definition) is 1. The van der Waals surface area contributed by atoms with Crippen LogP contribution in [0.4, 0.5) is 5.82 Å². The van der Waals surface area contributed by atoms with Gasteiger partial charge < -0.3 is 14.4 Å². The molecule has 0 aliphatic heterocycles. The van der Waals surface area contributed by atoms with Gasteiger partial charge in [0.25, 0.3) is 0 Å². The van der Waals surface area contributed by atoms with E-state index in [-0.39, 0.29) is 0 Å². The summed E-state index contributed by atoms with van der Waals surface area (Å²) in [5.74, 6) is 1.33. The minimum absolute atomic E-state index is 0.448. The van der Waals surface area contributed by atoms with E-state index in [2.05, 4.69) is 36.1 Å². The average Bonchev–Trinajstić information content (AvgIpc) is 2.93. The van der Waals surface area contributed by atoms with Gasteiger partial charge in [0.1, 0.15) is 0 Å². The molecule has 0 unspecified atom stereocenters. The second kappa shape index (κ2) is 3.77. The first kappa shape index (κ1) is 11.1. The van der Waals surface area contributed by atoms with Gasteiger partial charge in [0.15, 0.2) is 11.4 Å². The summed E-state index contributed by atoms with van der Waals surface area (Å²) >= 11 is 0. The van der Waals surface area contributed by atoms with Crippen LogP contribution in [0.1, 0.15) is 25.3 Å². The summed E-state index contributed by atoms with van der Waals surface area (Å²) in [5.41, 5.74) is 3.31. The molecule has 0 spiro atoms. The normalized spacial score (nSPS) is 11.8. The number of rotatable bonds is 2. The molecule has 2 aromatic heterocycles. The Labute approximate surface area is 106 Å². The summed E-state index contributed by atoms with van der Waals surface area (Å²) in [6.07, 6.45) is 1.97. The van der Waals surface area contributed by atoms with Crippen molar-refractivity contribution in [1.29, 1.82) is 0 Å². The van der Waals surface area contributed by atoms with Gasteiger partial charge in [0.05, 0.1) is 5.39 Å². The second-order valence-corrected chi connectivity index (χ2v) is 5.16. The molecule has 0 aliphatic carbocycles. The number of hydrogen-bond acceptors (Lipinski definition) is 3. The molecule has 94 valence electrons. The minimum atomic E-state index is 0.448. The lowest BCUT2D eigenvalue weighted by Gasteiger charge is -2.10. The lowest BCUT2D eigenvalue weighted by molar-refractivity contribution is 0.457. The maximum absolute atomic E-state index is 5.47. The number of nitrogens with zero attached hydrogens (tertiary/aromatic N) is 2. The number of H-pyrrole nitrogens is 1. The van der Waals surface area contributed by atoms with Crippen LogP contribution in [0.2, 0.25) is 0 Å². The fourth-order valence-electron chi connectivity index (χ4n) is 2.44. The summed E-state index contributed by atoms with van der Waals surface area (Å²) in [6.45, 7) is 4.37. The zero-order chi connectivity index (χ0) is 12.9. The molecule has 0 aliphatic rings. The topological polar surface area (TPSA) is 45.1 Å². The zero-order valence-electron chi connectivity index (χ0n) is 11.1. The molecule has 3 rings (SSSR count). The number of aromatic nitrogens is 2. The molecule has 1 N–H and O–H groups in total. The number of anilines is 1. The van der Waals surface area contributed by atoms with E-state index in [9.17, 15) is 0 Å². The second-order valence-electron chi connectivity index (χ2n) is 5.16. The molecule has 4 heteroatoms. The highest BCUT2D eigenvalue weighted by Crippen LogP contribution is 2.36. The first-order valence-corrected chi connectivity index (χ1v) is 6.16. The van der Waals surface area contributed by atoms with Crippen molar-refractivity contribution in [1.82, 2.24) is 10.1 Å². The van der Waals surface area contributed by atoms with Crippen LogP contribution in [0, 0.1) is 0 Å². The monoisotopic (exact) mass is 243 g/mol. The van der Waals surface area contributed by atoms with Crippen LogP contribution < -0.4 is 4.90 Å². The molecule has 2 heterocycles. The highest BCUT2D eigenvalue weighted by molar-refractivity contribution is 6.11. The summed E-state index contributed by atoms with van der Waals surface area (Å²) in [4.78, 5) is 5.31. The van der Waals surface area contributed by atoms with Crippen molar-refractivity contribution in [3.8, 4) is 0 Å². The summed E-state index contributed by atoms with van der Waals surface area (Å²) in [7, 11) is 3.96. The summed E-state index contributed by atoms with van der Waals surface area (Å²) in [5, 5.41) is 6.43. The first-order valence-electron chi connectivity index (χ1n) is 6.16. The lowest BCUT2D eigenvalue weighted by Crippen LogP contribution is -2.09. The van der Waals surface area contributed by atoms with Crippen LogP contribution in [0.3, 0.4) is 0 Å². The standard InChI is InChI=1S/C14H17N3O/c1-8(2)10-7-11-12(9-5-6-15-13(9)10)14(16-18-11)17(3)4/h5-8,15H,1-4H3. The van der Waals surface area contributed by atoms with Gasteiger partial charge in [-0.15, -0.1) is 0 Å². The van der Waals surface area contributed by atoms with Gasteiger partial charge in [-0.25, -0.2) is 0 Å². The molecule has 0 atom stereocenters. The largest absolute Gasteiger partial charge is 0.361 e. The van der Waals surface area contributed by atoms with E-state index in [4.69, 9.17) is 4.52 Å². The molecule has 0 saturated carbocycles. The Morgan fingerprint density at radius 2 is 2.11 bits per heavy atom. The van der Waals surface area contributed by atoms with Gasteiger partial charge in [0.2, 0.25) is 0 Å². The van der Waals surface area contributed by atoms with Crippen molar-refractivity contribution in [2.24, 2.45) is 0 Å². The van der Waals surface area contributed by atoms with Crippen molar-refractivity contribution in [2.75, 3.05) is 19.0 Å². The lowest BCUT2D eigenvalue weighted by atomic mass is 9.98. The molecule has 0 bridgehead atoms. The van der Waals surface area contributed by atoms with Gasteiger partial charge in [-0.05, 0) is 23.6 Å². The van der Waals surface area contributed by atoms with Crippen LogP contribution in [0.5, 0.6) is 0 Å². The Kier molecular flexibility index (Phi) is 2.33. The Balaban J connectivity index is 2.47. The summed E-state index contributed by atoms with van der Waals surface area (Å²) < 4.78 is 5.47. The van der Waals surface area contributed by atoms with E-state index in [1.165, 1.54) is 16.5 Å². The van der Waals surface area contributed by atoms with Gasteiger partial charge in [-0.2, -0.15) is 0 Å². The predicted molar refractivity (Wildman–Crippen MR) is 74.3 cm³/mol. The molecule has 1 aromatic carbocycles. The zero-order valence-corrected chi connectivity index (χ0v) is 11.1. The molecule has 4 nitrogen and oxygen atoms in total. The Bertz CT molecular complexity index is 706. The van der Waals surface area contributed by atoms with E-state index in [1.807, 2.05) is 25.2 Å². The third-order valence-corrected chi connectivity index (χ3v) is 3.34. The maximum Gasteiger partial charge on any atom is 0.180 e. The fraction of sp³-hybridized carbons (Fsp3) is 0.357. The van der Waals surface area contributed by atoms with Crippen molar-refractivity contribution >= 4 is 27.7 Å². The van der Waals surface area contributed by atoms with Crippen LogP contribution >= 0.6 is 0 Å². The van der Waals surface area contributed by atoms with E-state index in [0.717, 1.165) is 16.8 Å². The highest BCUT2D eigenvalue weighted by atomic mass is 16.5. The number of aromatic amines is 1. The Hall–Kier alpha value is -1.97. The predicted octanol–water partition coefficient (Wildman–Crippen LogP) is 3.50. The van der Waals surface area contributed by atoms with Gasteiger partial charge in [-0.1, -0.05) is 19.0 Å². The van der Waals surface area contributed by atoms with Gasteiger partial charge >= 0.3 is 0 Å². The minimum Gasteiger partial charge on any atom is -0.361 e. The van der Waals surface area contributed by atoms with Crippen LogP contribution in [-0.2, 0) is 0 Å². The summed E-state index contributed by atoms with van der Waals surface area (Å²) in [6, 6.07) is 4.19. The molecule has 0 radical (unpaired) electrons. The highest BCUT2D eigenvalue weighted by Gasteiger charge is 2.17. The Morgan fingerprint density at radius 3 is 2.78 bits per heavy atom. The van der Waals surface area contributed by atoms with Crippen LogP contribution in [-0.4, -0.2) is 24.2 Å². The number of nitrogens with one attached hydrogen (secondary N) is 1. The molecule has 3 aromatic rings. The SMILES string of the molecule is CC(C)c1cc2onc(N(C)C)c2c2cc[nH]c12. The molecular weight excluding hydrogens is 226 g/mol. The van der Waals surface area contributed by atoms with Crippen molar-refractivity contribution < 1.29 is 4.52 Å². The number of benzene rings is 1. The van der Waals surface area contributed by atoms with Crippen molar-refractivity contribution in [3.63, 3.8) is 0 Å². The first-order chi connectivity index (χ1) is 8.59. The van der Waals surface area contributed by atoms with Crippen LogP contribution in [0.15, 0.2) is 22.9 Å². The molecular formula is C14H17N3O. The van der Waals surface area contributed by atoms with Crippen molar-refractivity contribution in [3.05, 3.63) is 23.9 Å². The van der Waals surface area contributed by atoms with E-state index >= 15 is 0 Å². The van der Waals surface area contributed by atoms with Gasteiger partial charge in [0, 0.05) is 31.2 Å². The third-order valence-electron chi connectivity index (χ3n) is 3.34. The fourth-order valence-corrected chi connectivity index (χ4v) is 2.44.